The smallest absolute Gasteiger partial charge is 0.407 e. The topological polar surface area (TPSA) is 64.6 Å². The van der Waals surface area contributed by atoms with Crippen LogP contribution in [0, 0.1) is 0 Å². The molecular formula is C16H31NO4. The molecule has 0 aliphatic rings. The van der Waals surface area contributed by atoms with E-state index in [1.807, 2.05) is 27.7 Å². The SMILES string of the molecule is CCCCC(=O)OCC(CCCC)NC(=O)OC(C)(C)C. The molecule has 124 valence electrons. The van der Waals surface area contributed by atoms with E-state index in [0.717, 1.165) is 32.1 Å². The Kier molecular flexibility index (Phi) is 9.84. The van der Waals surface area contributed by atoms with Crippen LogP contribution in [-0.2, 0) is 14.3 Å². The minimum Gasteiger partial charge on any atom is -0.463 e. The van der Waals surface area contributed by atoms with Gasteiger partial charge in [0.1, 0.15) is 12.2 Å². The molecule has 0 saturated carbocycles. The zero-order valence-corrected chi connectivity index (χ0v) is 14.2. The van der Waals surface area contributed by atoms with E-state index in [0.29, 0.717) is 6.42 Å². The predicted molar refractivity (Wildman–Crippen MR) is 83.2 cm³/mol. The van der Waals surface area contributed by atoms with Gasteiger partial charge in [-0.15, -0.1) is 0 Å². The third-order valence-corrected chi connectivity index (χ3v) is 2.81. The fourth-order valence-electron chi connectivity index (χ4n) is 1.71. The van der Waals surface area contributed by atoms with Crippen LogP contribution in [0.3, 0.4) is 0 Å². The number of unbranched alkanes of at least 4 members (excludes halogenated alkanes) is 2. The second-order valence-corrected chi connectivity index (χ2v) is 6.27. The molecule has 1 unspecified atom stereocenters. The Balaban J connectivity index is 4.25. The first-order valence-corrected chi connectivity index (χ1v) is 7.93. The normalized spacial score (nSPS) is 12.6. The number of nitrogens with one attached hydrogen (secondary N) is 1. The number of carbonyl (C=O) groups is 2. The average Bonchev–Trinajstić information content (AvgIpc) is 2.37. The fraction of sp³-hybridized carbons (Fsp3) is 0.875. The van der Waals surface area contributed by atoms with Gasteiger partial charge in [-0.2, -0.15) is 0 Å². The number of amides is 1. The van der Waals surface area contributed by atoms with Gasteiger partial charge in [0.05, 0.1) is 6.04 Å². The highest BCUT2D eigenvalue weighted by atomic mass is 16.6. The summed E-state index contributed by atoms with van der Waals surface area (Å²) in [6.45, 7) is 9.77. The van der Waals surface area contributed by atoms with Crippen LogP contribution < -0.4 is 5.32 Å². The molecule has 0 spiro atoms. The average molecular weight is 301 g/mol. The maximum atomic E-state index is 11.8. The van der Waals surface area contributed by atoms with Crippen LogP contribution in [0.1, 0.15) is 73.1 Å². The van der Waals surface area contributed by atoms with Crippen LogP contribution in [0.15, 0.2) is 0 Å². The van der Waals surface area contributed by atoms with Crippen molar-refractivity contribution >= 4 is 12.1 Å². The lowest BCUT2D eigenvalue weighted by Crippen LogP contribution is -2.41. The van der Waals surface area contributed by atoms with Crippen molar-refractivity contribution in [2.75, 3.05) is 6.61 Å². The molecule has 0 aromatic carbocycles. The largest absolute Gasteiger partial charge is 0.463 e. The van der Waals surface area contributed by atoms with Crippen molar-refractivity contribution in [3.63, 3.8) is 0 Å². The fourth-order valence-corrected chi connectivity index (χ4v) is 1.71. The first-order chi connectivity index (χ1) is 9.78. The number of ether oxygens (including phenoxy) is 2. The summed E-state index contributed by atoms with van der Waals surface area (Å²) >= 11 is 0. The van der Waals surface area contributed by atoms with E-state index in [1.165, 1.54) is 0 Å². The summed E-state index contributed by atoms with van der Waals surface area (Å²) < 4.78 is 10.5. The first kappa shape index (κ1) is 19.7. The molecule has 0 aliphatic carbocycles. The first-order valence-electron chi connectivity index (χ1n) is 7.93. The molecule has 1 atom stereocenters. The zero-order valence-electron chi connectivity index (χ0n) is 14.2. The molecule has 5 nitrogen and oxygen atoms in total. The quantitative estimate of drug-likeness (QED) is 0.658. The second kappa shape index (κ2) is 10.5. The van der Waals surface area contributed by atoms with E-state index >= 15 is 0 Å². The Morgan fingerprint density at radius 2 is 1.71 bits per heavy atom. The van der Waals surface area contributed by atoms with Gasteiger partial charge in [0.25, 0.3) is 0 Å². The molecule has 0 radical (unpaired) electrons. The summed E-state index contributed by atoms with van der Waals surface area (Å²) in [5, 5.41) is 2.78. The molecule has 0 bridgehead atoms. The van der Waals surface area contributed by atoms with Crippen molar-refractivity contribution in [2.45, 2.75) is 84.8 Å². The summed E-state index contributed by atoms with van der Waals surface area (Å²) in [7, 11) is 0. The van der Waals surface area contributed by atoms with Gasteiger partial charge in [-0.1, -0.05) is 33.1 Å². The Morgan fingerprint density at radius 3 is 2.24 bits per heavy atom. The van der Waals surface area contributed by atoms with Gasteiger partial charge in [0.2, 0.25) is 0 Å². The van der Waals surface area contributed by atoms with Crippen molar-refractivity contribution in [2.24, 2.45) is 0 Å². The summed E-state index contributed by atoms with van der Waals surface area (Å²) in [5.74, 6) is -0.204. The summed E-state index contributed by atoms with van der Waals surface area (Å²) in [4.78, 5) is 23.3. The number of esters is 1. The maximum Gasteiger partial charge on any atom is 0.407 e. The van der Waals surface area contributed by atoms with Gasteiger partial charge in [0.15, 0.2) is 0 Å². The molecule has 0 aliphatic heterocycles. The highest BCUT2D eigenvalue weighted by molar-refractivity contribution is 5.70. The third kappa shape index (κ3) is 12.2. The lowest BCUT2D eigenvalue weighted by molar-refractivity contribution is -0.144. The van der Waals surface area contributed by atoms with E-state index in [-0.39, 0.29) is 18.6 Å². The summed E-state index contributed by atoms with van der Waals surface area (Å²) in [6.07, 6.45) is 4.53. The number of hydrogen-bond donors (Lipinski definition) is 1. The van der Waals surface area contributed by atoms with Gasteiger partial charge < -0.3 is 14.8 Å². The standard InChI is InChI=1S/C16H31NO4/c1-6-8-10-13(12-20-14(18)11-9-7-2)17-15(19)21-16(3,4)5/h13H,6-12H2,1-5H3,(H,17,19). The predicted octanol–water partition coefficient (Wildman–Crippen LogP) is 3.80. The molecule has 1 N–H and O–H groups in total. The van der Waals surface area contributed by atoms with E-state index < -0.39 is 11.7 Å². The van der Waals surface area contributed by atoms with Crippen molar-refractivity contribution < 1.29 is 19.1 Å². The Morgan fingerprint density at radius 1 is 1.10 bits per heavy atom. The van der Waals surface area contributed by atoms with Crippen LogP contribution in [-0.4, -0.2) is 30.3 Å². The molecule has 0 fully saturated rings. The van der Waals surface area contributed by atoms with Crippen LogP contribution in [0.5, 0.6) is 0 Å². The number of carbonyl (C=O) groups excluding carboxylic acids is 2. The molecule has 0 saturated heterocycles. The number of alkyl carbamates (subject to hydrolysis) is 1. The monoisotopic (exact) mass is 301 g/mol. The minimum atomic E-state index is -0.531. The highest BCUT2D eigenvalue weighted by Crippen LogP contribution is 2.09. The molecule has 21 heavy (non-hydrogen) atoms. The highest BCUT2D eigenvalue weighted by Gasteiger charge is 2.20. The van der Waals surface area contributed by atoms with E-state index in [2.05, 4.69) is 12.2 Å². The molecule has 0 rings (SSSR count). The van der Waals surface area contributed by atoms with Crippen LogP contribution in [0.2, 0.25) is 0 Å². The number of rotatable bonds is 9. The summed E-state index contributed by atoms with van der Waals surface area (Å²) in [6, 6.07) is -0.189. The maximum absolute atomic E-state index is 11.8. The Bertz CT molecular complexity index is 310. The Labute approximate surface area is 128 Å². The van der Waals surface area contributed by atoms with E-state index in [9.17, 15) is 9.59 Å². The lowest BCUT2D eigenvalue weighted by atomic mass is 10.1. The Hall–Kier alpha value is -1.26. The minimum absolute atomic E-state index is 0.189. The van der Waals surface area contributed by atoms with Gasteiger partial charge in [-0.05, 0) is 33.6 Å². The molecule has 1 amide bonds. The molecule has 0 aromatic heterocycles. The molecule has 5 heteroatoms. The molecular weight excluding hydrogens is 270 g/mol. The van der Waals surface area contributed by atoms with Crippen molar-refractivity contribution in [3.8, 4) is 0 Å². The molecule has 0 heterocycles. The van der Waals surface area contributed by atoms with Gasteiger partial charge in [0, 0.05) is 6.42 Å². The van der Waals surface area contributed by atoms with Crippen molar-refractivity contribution in [1.82, 2.24) is 5.32 Å². The molecule has 0 aromatic rings. The van der Waals surface area contributed by atoms with Crippen LogP contribution in [0.25, 0.3) is 0 Å². The van der Waals surface area contributed by atoms with Gasteiger partial charge in [-0.3, -0.25) is 4.79 Å². The van der Waals surface area contributed by atoms with Crippen molar-refractivity contribution in [3.05, 3.63) is 0 Å². The van der Waals surface area contributed by atoms with Gasteiger partial charge in [-0.25, -0.2) is 4.79 Å². The lowest BCUT2D eigenvalue weighted by Gasteiger charge is -2.23. The zero-order chi connectivity index (χ0) is 16.3. The van der Waals surface area contributed by atoms with Crippen molar-refractivity contribution in [1.29, 1.82) is 0 Å². The third-order valence-electron chi connectivity index (χ3n) is 2.81. The van der Waals surface area contributed by atoms with E-state index in [4.69, 9.17) is 9.47 Å². The van der Waals surface area contributed by atoms with Crippen LogP contribution in [0.4, 0.5) is 4.79 Å². The second-order valence-electron chi connectivity index (χ2n) is 6.27. The number of hydrogen-bond acceptors (Lipinski definition) is 4. The summed E-state index contributed by atoms with van der Waals surface area (Å²) in [5.41, 5.74) is -0.531. The van der Waals surface area contributed by atoms with Crippen LogP contribution >= 0.6 is 0 Å². The van der Waals surface area contributed by atoms with E-state index in [1.54, 1.807) is 0 Å². The van der Waals surface area contributed by atoms with Gasteiger partial charge >= 0.3 is 12.1 Å².